The Kier molecular flexibility index (Phi) is 1.72. The summed E-state index contributed by atoms with van der Waals surface area (Å²) in [5.74, 6) is 0.297. The van der Waals surface area contributed by atoms with Crippen LogP contribution in [0.4, 0.5) is 0 Å². The standard InChI is InChI=1S/C14H20O3/c1-7-9(15)10-13(3)8(11(16)17-5)6-12(7,2)14(10,13)4/h7-8,10H,6H2,1-5H3/t7-,8-,10?,12-,13+,14+/m1/s1. The third kappa shape index (κ3) is 0.773. The molecular formula is C14H20O3. The highest BCUT2D eigenvalue weighted by Gasteiger charge is 2.91. The fourth-order valence-corrected chi connectivity index (χ4v) is 5.42. The lowest BCUT2D eigenvalue weighted by atomic mass is 9.70. The van der Waals surface area contributed by atoms with E-state index in [1.165, 1.54) is 7.11 Å². The van der Waals surface area contributed by atoms with Crippen LogP contribution < -0.4 is 0 Å². The number of fused-ring (bicyclic) bond motifs is 1. The molecule has 0 saturated heterocycles. The molecule has 3 aliphatic rings. The molecule has 3 heteroatoms. The van der Waals surface area contributed by atoms with Crippen molar-refractivity contribution in [2.24, 2.45) is 34.0 Å². The number of hydrogen-bond acceptors (Lipinski definition) is 3. The van der Waals surface area contributed by atoms with E-state index in [2.05, 4.69) is 20.8 Å². The number of methoxy groups -OCH3 is 1. The zero-order valence-electron chi connectivity index (χ0n) is 11.2. The zero-order chi connectivity index (χ0) is 12.8. The molecule has 3 saturated carbocycles. The van der Waals surface area contributed by atoms with Crippen molar-refractivity contribution in [3.8, 4) is 0 Å². The molecule has 3 fully saturated rings. The molecule has 0 spiro atoms. The second-order valence-corrected chi connectivity index (χ2v) is 6.74. The molecule has 0 aromatic heterocycles. The molecule has 3 rings (SSSR count). The molecule has 17 heavy (non-hydrogen) atoms. The van der Waals surface area contributed by atoms with E-state index in [0.717, 1.165) is 6.42 Å². The molecule has 6 atom stereocenters. The minimum atomic E-state index is -0.154. The van der Waals surface area contributed by atoms with Crippen molar-refractivity contribution in [3.05, 3.63) is 0 Å². The lowest BCUT2D eigenvalue weighted by molar-refractivity contribution is -0.147. The lowest BCUT2D eigenvalue weighted by Crippen LogP contribution is -2.30. The van der Waals surface area contributed by atoms with Crippen LogP contribution in [0.1, 0.15) is 34.1 Å². The molecule has 0 amide bonds. The van der Waals surface area contributed by atoms with Crippen molar-refractivity contribution in [2.75, 3.05) is 7.11 Å². The van der Waals surface area contributed by atoms with Gasteiger partial charge in [-0.05, 0) is 22.7 Å². The van der Waals surface area contributed by atoms with Gasteiger partial charge in [0.1, 0.15) is 5.78 Å². The maximum Gasteiger partial charge on any atom is 0.309 e. The average molecular weight is 236 g/mol. The van der Waals surface area contributed by atoms with E-state index in [-0.39, 0.29) is 40.0 Å². The van der Waals surface area contributed by atoms with Crippen molar-refractivity contribution in [2.45, 2.75) is 34.1 Å². The molecule has 3 nitrogen and oxygen atoms in total. The van der Waals surface area contributed by atoms with Crippen molar-refractivity contribution in [3.63, 3.8) is 0 Å². The molecule has 0 bridgehead atoms. The van der Waals surface area contributed by atoms with E-state index < -0.39 is 0 Å². The van der Waals surface area contributed by atoms with Gasteiger partial charge in [0.2, 0.25) is 0 Å². The zero-order valence-corrected chi connectivity index (χ0v) is 11.2. The van der Waals surface area contributed by atoms with Crippen molar-refractivity contribution >= 4 is 11.8 Å². The molecule has 0 N–H and O–H groups in total. The second kappa shape index (κ2) is 2.60. The Hall–Kier alpha value is -0.860. The van der Waals surface area contributed by atoms with Crippen LogP contribution in [0.15, 0.2) is 0 Å². The first-order valence-corrected chi connectivity index (χ1v) is 6.38. The van der Waals surface area contributed by atoms with Crippen LogP contribution in [-0.2, 0) is 14.3 Å². The normalized spacial score (nSPS) is 59.1. The molecule has 0 aromatic carbocycles. The van der Waals surface area contributed by atoms with E-state index in [1.807, 2.05) is 6.92 Å². The van der Waals surface area contributed by atoms with Gasteiger partial charge in [0, 0.05) is 11.8 Å². The fourth-order valence-electron chi connectivity index (χ4n) is 5.42. The number of ether oxygens (including phenoxy) is 1. The van der Waals surface area contributed by atoms with Gasteiger partial charge >= 0.3 is 5.97 Å². The summed E-state index contributed by atoms with van der Waals surface area (Å²) in [4.78, 5) is 24.3. The SMILES string of the molecule is COC(=O)[C@H]1C[C@]2(C)[C@H](C)C(=O)C3[C@]2(C)[C@]31C. The van der Waals surface area contributed by atoms with Gasteiger partial charge in [-0.2, -0.15) is 0 Å². The summed E-state index contributed by atoms with van der Waals surface area (Å²) in [6, 6.07) is 0. The van der Waals surface area contributed by atoms with E-state index in [9.17, 15) is 9.59 Å². The summed E-state index contributed by atoms with van der Waals surface area (Å²) < 4.78 is 4.93. The van der Waals surface area contributed by atoms with Crippen LogP contribution in [-0.4, -0.2) is 18.9 Å². The summed E-state index contributed by atoms with van der Waals surface area (Å²) in [7, 11) is 1.44. The Bertz CT molecular complexity index is 441. The highest BCUT2D eigenvalue weighted by Crippen LogP contribution is 2.90. The first-order chi connectivity index (χ1) is 7.76. The molecule has 0 aromatic rings. The monoisotopic (exact) mass is 236 g/mol. The molecule has 0 radical (unpaired) electrons. The predicted octanol–water partition coefficient (Wildman–Crippen LogP) is 2.05. The highest BCUT2D eigenvalue weighted by molar-refractivity contribution is 5.96. The van der Waals surface area contributed by atoms with Crippen LogP contribution >= 0.6 is 0 Å². The van der Waals surface area contributed by atoms with Crippen molar-refractivity contribution in [1.82, 2.24) is 0 Å². The van der Waals surface area contributed by atoms with Crippen LogP contribution in [0.25, 0.3) is 0 Å². The Balaban J connectivity index is 2.11. The number of hydrogen-bond donors (Lipinski definition) is 0. The Morgan fingerprint density at radius 3 is 2.35 bits per heavy atom. The van der Waals surface area contributed by atoms with E-state index in [4.69, 9.17) is 4.74 Å². The van der Waals surface area contributed by atoms with Gasteiger partial charge in [-0.1, -0.05) is 27.7 Å². The third-order valence-corrected chi connectivity index (χ3v) is 6.90. The summed E-state index contributed by atoms with van der Waals surface area (Å²) in [5.41, 5.74) is -0.170. The quantitative estimate of drug-likeness (QED) is 0.654. The van der Waals surface area contributed by atoms with Gasteiger partial charge in [0.15, 0.2) is 0 Å². The van der Waals surface area contributed by atoms with E-state index >= 15 is 0 Å². The molecular weight excluding hydrogens is 216 g/mol. The maximum absolute atomic E-state index is 12.3. The topological polar surface area (TPSA) is 43.4 Å². The van der Waals surface area contributed by atoms with Crippen LogP contribution in [0.2, 0.25) is 0 Å². The highest BCUT2D eigenvalue weighted by atomic mass is 16.5. The number of ketones is 1. The minimum Gasteiger partial charge on any atom is -0.469 e. The molecule has 0 aliphatic heterocycles. The summed E-state index contributed by atoms with van der Waals surface area (Å²) in [6.07, 6.45) is 0.802. The Morgan fingerprint density at radius 2 is 1.94 bits per heavy atom. The summed E-state index contributed by atoms with van der Waals surface area (Å²) in [6.45, 7) is 8.51. The molecule has 1 unspecified atom stereocenters. The number of esters is 1. The maximum atomic E-state index is 12.3. The first kappa shape index (κ1) is 11.2. The first-order valence-electron chi connectivity index (χ1n) is 6.38. The van der Waals surface area contributed by atoms with Gasteiger partial charge in [0.05, 0.1) is 13.0 Å². The van der Waals surface area contributed by atoms with E-state index in [0.29, 0.717) is 5.78 Å². The van der Waals surface area contributed by atoms with Crippen molar-refractivity contribution < 1.29 is 14.3 Å². The third-order valence-electron chi connectivity index (χ3n) is 6.90. The summed E-state index contributed by atoms with van der Waals surface area (Å²) >= 11 is 0. The van der Waals surface area contributed by atoms with Crippen LogP contribution in [0, 0.1) is 34.0 Å². The predicted molar refractivity (Wildman–Crippen MR) is 62.1 cm³/mol. The number of rotatable bonds is 1. The van der Waals surface area contributed by atoms with Gasteiger partial charge in [-0.15, -0.1) is 0 Å². The van der Waals surface area contributed by atoms with Crippen LogP contribution in [0.5, 0.6) is 0 Å². The minimum absolute atomic E-state index is 0.00928. The molecule has 3 aliphatic carbocycles. The Morgan fingerprint density at radius 1 is 1.35 bits per heavy atom. The number of carbonyl (C=O) groups excluding carboxylic acids is 2. The second-order valence-electron chi connectivity index (χ2n) is 6.74. The smallest absolute Gasteiger partial charge is 0.309 e. The largest absolute Gasteiger partial charge is 0.469 e. The fraction of sp³-hybridized carbons (Fsp3) is 0.857. The van der Waals surface area contributed by atoms with Gasteiger partial charge in [-0.3, -0.25) is 9.59 Å². The van der Waals surface area contributed by atoms with Crippen LogP contribution in [0.3, 0.4) is 0 Å². The summed E-state index contributed by atoms with van der Waals surface area (Å²) in [5, 5.41) is 0. The number of carbonyl (C=O) groups is 2. The van der Waals surface area contributed by atoms with Gasteiger partial charge < -0.3 is 4.74 Å². The average Bonchev–Trinajstić information content (AvgIpc) is 2.71. The Labute approximate surface area is 102 Å². The van der Waals surface area contributed by atoms with E-state index in [1.54, 1.807) is 0 Å². The van der Waals surface area contributed by atoms with Gasteiger partial charge in [-0.25, -0.2) is 0 Å². The van der Waals surface area contributed by atoms with Crippen molar-refractivity contribution in [1.29, 1.82) is 0 Å². The molecule has 94 valence electrons. The lowest BCUT2D eigenvalue weighted by Gasteiger charge is -2.33. The molecule has 0 heterocycles. The van der Waals surface area contributed by atoms with Gasteiger partial charge in [0.25, 0.3) is 0 Å². The number of Topliss-reactive ketones (excluding diaryl/α,β-unsaturated/α-hetero) is 1.